The summed E-state index contributed by atoms with van der Waals surface area (Å²) < 4.78 is 31.6. The van der Waals surface area contributed by atoms with Crippen molar-refractivity contribution in [3.05, 3.63) is 91.7 Å². The fourth-order valence-electron chi connectivity index (χ4n) is 2.55. The van der Waals surface area contributed by atoms with Crippen molar-refractivity contribution < 1.29 is 17.4 Å². The topological polar surface area (TPSA) is 104 Å². The first-order valence-corrected chi connectivity index (χ1v) is 10.0. The number of hydrogen-bond donors (Lipinski definition) is 0. The molecule has 0 aliphatic carbocycles. The lowest BCUT2D eigenvalue weighted by molar-refractivity contribution is 0.103. The van der Waals surface area contributed by atoms with Crippen LogP contribution in [0.4, 0.5) is 0 Å². The van der Waals surface area contributed by atoms with Crippen LogP contribution in [0.3, 0.4) is 0 Å². The van der Waals surface area contributed by atoms with E-state index in [1.165, 1.54) is 38.4 Å². The van der Waals surface area contributed by atoms with E-state index in [4.69, 9.17) is 15.8 Å². The fraction of sp³-hybridized carbons (Fsp3) is 0.105. The minimum absolute atomic E-state index is 0.0893. The Morgan fingerprint density at radius 3 is 2.00 bits per heavy atom. The van der Waals surface area contributed by atoms with Crippen LogP contribution in [0.25, 0.3) is 0 Å². The number of carbonyl (C=O) groups excluding carboxylic acids is 1. The standard InChI is InChI=1S/C19H15ClN2O6S/c1-21-11-16(18(24)22(2)19(21)25)29(26,27)28-15-9-5-13(6-10-15)17(23)12-3-7-14(20)8-4-12/h3-11H,1-2H3. The van der Waals surface area contributed by atoms with Crippen molar-refractivity contribution in [2.75, 3.05) is 0 Å². The van der Waals surface area contributed by atoms with Crippen LogP contribution in [0.15, 0.2) is 69.2 Å². The van der Waals surface area contributed by atoms with Crippen molar-refractivity contribution in [1.82, 2.24) is 9.13 Å². The number of aromatic nitrogens is 2. The number of benzene rings is 2. The first-order chi connectivity index (χ1) is 13.6. The Morgan fingerprint density at radius 1 is 0.931 bits per heavy atom. The molecular formula is C19H15ClN2O6S. The third-order valence-electron chi connectivity index (χ3n) is 4.11. The van der Waals surface area contributed by atoms with Gasteiger partial charge in [-0.25, -0.2) is 4.79 Å². The van der Waals surface area contributed by atoms with Crippen LogP contribution in [0.5, 0.6) is 5.75 Å². The molecule has 2 aromatic carbocycles. The summed E-state index contributed by atoms with van der Waals surface area (Å²) in [6, 6.07) is 11.7. The summed E-state index contributed by atoms with van der Waals surface area (Å²) >= 11 is 5.81. The molecule has 0 atom stereocenters. The first-order valence-electron chi connectivity index (χ1n) is 8.21. The van der Waals surface area contributed by atoms with E-state index in [1.807, 2.05) is 0 Å². The van der Waals surface area contributed by atoms with E-state index < -0.39 is 26.3 Å². The predicted octanol–water partition coefficient (Wildman–Crippen LogP) is 1.74. The van der Waals surface area contributed by atoms with Crippen molar-refractivity contribution in [3.8, 4) is 5.75 Å². The number of carbonyl (C=O) groups is 1. The second-order valence-corrected chi connectivity index (χ2v) is 8.10. The Labute approximate surface area is 170 Å². The Bertz CT molecular complexity index is 1310. The second kappa shape index (κ2) is 7.69. The van der Waals surface area contributed by atoms with E-state index in [0.717, 1.165) is 10.8 Å². The molecule has 0 unspecified atom stereocenters. The lowest BCUT2D eigenvalue weighted by Crippen LogP contribution is -2.39. The molecule has 10 heteroatoms. The molecule has 0 bridgehead atoms. The predicted molar refractivity (Wildman–Crippen MR) is 106 cm³/mol. The number of nitrogens with zero attached hydrogens (tertiary/aromatic N) is 2. The van der Waals surface area contributed by atoms with E-state index in [-0.39, 0.29) is 11.5 Å². The number of ketones is 1. The van der Waals surface area contributed by atoms with Crippen LogP contribution >= 0.6 is 11.6 Å². The normalized spacial score (nSPS) is 11.3. The molecule has 0 N–H and O–H groups in total. The summed E-state index contributed by atoms with van der Waals surface area (Å²) in [5.74, 6) is -0.364. The average Bonchev–Trinajstić information content (AvgIpc) is 2.69. The molecule has 0 saturated heterocycles. The van der Waals surface area contributed by atoms with Gasteiger partial charge in [0.15, 0.2) is 10.7 Å². The fourth-order valence-corrected chi connectivity index (χ4v) is 3.77. The number of rotatable bonds is 5. The molecule has 3 rings (SSSR count). The zero-order valence-electron chi connectivity index (χ0n) is 15.3. The van der Waals surface area contributed by atoms with E-state index >= 15 is 0 Å². The third kappa shape index (κ3) is 4.15. The number of halogens is 1. The van der Waals surface area contributed by atoms with Gasteiger partial charge in [-0.15, -0.1) is 0 Å². The van der Waals surface area contributed by atoms with Crippen LogP contribution in [0.1, 0.15) is 15.9 Å². The van der Waals surface area contributed by atoms with Gasteiger partial charge in [-0.2, -0.15) is 8.42 Å². The van der Waals surface area contributed by atoms with Gasteiger partial charge < -0.3 is 8.75 Å². The molecule has 0 amide bonds. The van der Waals surface area contributed by atoms with Gasteiger partial charge in [0.2, 0.25) is 0 Å². The summed E-state index contributed by atoms with van der Waals surface area (Å²) in [5, 5.41) is 0.500. The minimum atomic E-state index is -4.49. The molecule has 3 aromatic rings. The van der Waals surface area contributed by atoms with Crippen molar-refractivity contribution >= 4 is 27.5 Å². The van der Waals surface area contributed by atoms with E-state index in [0.29, 0.717) is 20.7 Å². The molecule has 29 heavy (non-hydrogen) atoms. The molecule has 0 aliphatic heterocycles. The molecule has 0 saturated carbocycles. The van der Waals surface area contributed by atoms with Crippen LogP contribution in [0.2, 0.25) is 5.02 Å². The molecule has 150 valence electrons. The molecule has 8 nitrogen and oxygen atoms in total. The highest BCUT2D eigenvalue weighted by Gasteiger charge is 2.24. The maximum Gasteiger partial charge on any atom is 0.346 e. The Kier molecular flexibility index (Phi) is 5.45. The van der Waals surface area contributed by atoms with Crippen molar-refractivity contribution in [2.24, 2.45) is 14.1 Å². The van der Waals surface area contributed by atoms with Gasteiger partial charge in [0.1, 0.15) is 5.75 Å². The molecule has 0 spiro atoms. The largest absolute Gasteiger partial charge is 0.379 e. The zero-order valence-corrected chi connectivity index (χ0v) is 16.9. The van der Waals surface area contributed by atoms with Gasteiger partial charge in [-0.1, -0.05) is 11.6 Å². The molecule has 1 aromatic heterocycles. The van der Waals surface area contributed by atoms with Gasteiger partial charge in [0, 0.05) is 36.4 Å². The lowest BCUT2D eigenvalue weighted by Gasteiger charge is -2.09. The van der Waals surface area contributed by atoms with Crippen molar-refractivity contribution in [3.63, 3.8) is 0 Å². The van der Waals surface area contributed by atoms with Crippen LogP contribution < -0.4 is 15.4 Å². The van der Waals surface area contributed by atoms with Crippen LogP contribution in [-0.4, -0.2) is 23.3 Å². The van der Waals surface area contributed by atoms with E-state index in [9.17, 15) is 22.8 Å². The Hall–Kier alpha value is -3.17. The van der Waals surface area contributed by atoms with Gasteiger partial charge in [0.05, 0.1) is 0 Å². The van der Waals surface area contributed by atoms with E-state index in [2.05, 4.69) is 0 Å². The average molecular weight is 435 g/mol. The molecule has 0 fully saturated rings. The smallest absolute Gasteiger partial charge is 0.346 e. The maximum absolute atomic E-state index is 12.5. The van der Waals surface area contributed by atoms with Gasteiger partial charge >= 0.3 is 15.8 Å². The SMILES string of the molecule is Cn1cc(S(=O)(=O)Oc2ccc(C(=O)c3ccc(Cl)cc3)cc2)c(=O)n(C)c1=O. The summed E-state index contributed by atoms with van der Waals surface area (Å²) in [6.45, 7) is 0. The second-order valence-electron chi connectivity index (χ2n) is 6.15. The maximum atomic E-state index is 12.5. The van der Waals surface area contributed by atoms with E-state index in [1.54, 1.807) is 24.3 Å². The summed E-state index contributed by atoms with van der Waals surface area (Å²) in [6.07, 6.45) is 0.901. The van der Waals surface area contributed by atoms with Crippen LogP contribution in [-0.2, 0) is 24.2 Å². The van der Waals surface area contributed by atoms with Gasteiger partial charge in [0.25, 0.3) is 5.56 Å². The number of aryl methyl sites for hydroxylation is 1. The Balaban J connectivity index is 1.88. The third-order valence-corrected chi connectivity index (χ3v) is 5.60. The Morgan fingerprint density at radius 2 is 1.45 bits per heavy atom. The van der Waals surface area contributed by atoms with Crippen LogP contribution in [0, 0.1) is 0 Å². The molecular weight excluding hydrogens is 420 g/mol. The van der Waals surface area contributed by atoms with Gasteiger partial charge in [-0.3, -0.25) is 14.2 Å². The highest BCUT2D eigenvalue weighted by atomic mass is 35.5. The highest BCUT2D eigenvalue weighted by molar-refractivity contribution is 7.87. The monoisotopic (exact) mass is 434 g/mol. The first kappa shape index (κ1) is 20.6. The number of hydrogen-bond acceptors (Lipinski definition) is 6. The summed E-state index contributed by atoms with van der Waals surface area (Å²) in [5.41, 5.74) is -0.930. The van der Waals surface area contributed by atoms with Gasteiger partial charge in [-0.05, 0) is 48.5 Å². The minimum Gasteiger partial charge on any atom is -0.379 e. The molecule has 1 heterocycles. The summed E-state index contributed by atoms with van der Waals surface area (Å²) in [4.78, 5) is 35.6. The molecule has 0 radical (unpaired) electrons. The zero-order chi connectivity index (χ0) is 21.3. The van der Waals surface area contributed by atoms with Crippen molar-refractivity contribution in [2.45, 2.75) is 4.90 Å². The molecule has 0 aliphatic rings. The van der Waals surface area contributed by atoms with Crippen molar-refractivity contribution in [1.29, 1.82) is 0 Å². The summed E-state index contributed by atoms with van der Waals surface area (Å²) in [7, 11) is -2.00. The lowest BCUT2D eigenvalue weighted by atomic mass is 10.0. The highest BCUT2D eigenvalue weighted by Crippen LogP contribution is 2.20. The quantitative estimate of drug-likeness (QED) is 0.447.